The van der Waals surface area contributed by atoms with Crippen LogP contribution in [-0.4, -0.2) is 57.6 Å². The number of guanidine groups is 1. The van der Waals surface area contributed by atoms with E-state index in [1.54, 1.807) is 11.9 Å². The van der Waals surface area contributed by atoms with Crippen LogP contribution in [0.1, 0.15) is 37.7 Å². The first-order valence-corrected chi connectivity index (χ1v) is 9.83. The van der Waals surface area contributed by atoms with E-state index in [2.05, 4.69) is 15.6 Å². The molecule has 2 N–H and O–H groups in total. The molecule has 0 saturated heterocycles. The Bertz CT molecular complexity index is 637. The second kappa shape index (κ2) is 10.2. The maximum Gasteiger partial charge on any atom is 0.230 e. The Morgan fingerprint density at radius 1 is 1.22 bits per heavy atom. The number of para-hydroxylation sites is 1. The van der Waals surface area contributed by atoms with Gasteiger partial charge >= 0.3 is 0 Å². The molecule has 2 rings (SSSR count). The van der Waals surface area contributed by atoms with E-state index in [0.29, 0.717) is 13.2 Å². The zero-order valence-corrected chi connectivity index (χ0v) is 17.2. The Kier molecular flexibility index (Phi) is 7.95. The van der Waals surface area contributed by atoms with E-state index in [9.17, 15) is 4.79 Å². The summed E-state index contributed by atoms with van der Waals surface area (Å²) in [6.07, 6.45) is 4.99. The maximum atomic E-state index is 12.6. The van der Waals surface area contributed by atoms with E-state index in [1.807, 2.05) is 45.3 Å². The molecule has 0 unspecified atom stereocenters. The molecule has 1 aromatic rings. The fourth-order valence-electron chi connectivity index (χ4n) is 3.65. The number of benzene rings is 1. The third-order valence-electron chi connectivity index (χ3n) is 5.20. The lowest BCUT2D eigenvalue weighted by atomic mass is 9.84. The first-order chi connectivity index (χ1) is 13.0. The quantitative estimate of drug-likeness (QED) is 0.417. The van der Waals surface area contributed by atoms with Gasteiger partial charge in [-0.25, -0.2) is 0 Å². The number of amides is 1. The van der Waals surface area contributed by atoms with Gasteiger partial charge in [0.25, 0.3) is 0 Å². The summed E-state index contributed by atoms with van der Waals surface area (Å²) in [5.74, 6) is 1.89. The van der Waals surface area contributed by atoms with Crippen LogP contribution < -0.4 is 15.4 Å². The molecule has 1 saturated carbocycles. The molecule has 1 amide bonds. The summed E-state index contributed by atoms with van der Waals surface area (Å²) in [5, 5.41) is 6.67. The zero-order chi connectivity index (χ0) is 19.7. The molecule has 0 radical (unpaired) electrons. The summed E-state index contributed by atoms with van der Waals surface area (Å²) in [6.45, 7) is 4.09. The number of nitrogens with zero attached hydrogens (tertiary/aromatic N) is 2. The van der Waals surface area contributed by atoms with E-state index < -0.39 is 0 Å². The Labute approximate surface area is 163 Å². The topological polar surface area (TPSA) is 66.0 Å². The van der Waals surface area contributed by atoms with Crippen LogP contribution in [0.15, 0.2) is 29.3 Å². The molecule has 1 fully saturated rings. The highest BCUT2D eigenvalue weighted by Gasteiger charge is 2.42. The highest BCUT2D eigenvalue weighted by Crippen LogP contribution is 2.38. The van der Waals surface area contributed by atoms with Crippen molar-refractivity contribution in [3.63, 3.8) is 0 Å². The van der Waals surface area contributed by atoms with Gasteiger partial charge in [0.2, 0.25) is 5.91 Å². The van der Waals surface area contributed by atoms with Crippen molar-refractivity contribution >= 4 is 11.9 Å². The molecule has 0 aromatic heterocycles. The molecule has 0 atom stereocenters. The van der Waals surface area contributed by atoms with Crippen LogP contribution in [0.3, 0.4) is 0 Å². The molecule has 6 nitrogen and oxygen atoms in total. The number of hydrogen-bond acceptors (Lipinski definition) is 3. The minimum atomic E-state index is -0.297. The summed E-state index contributed by atoms with van der Waals surface area (Å²) in [7, 11) is 5.43. The number of aliphatic imine (C=N–C) groups is 1. The Balaban J connectivity index is 1.74. The average Bonchev–Trinajstić information content (AvgIpc) is 3.14. The van der Waals surface area contributed by atoms with Gasteiger partial charge in [0.1, 0.15) is 5.75 Å². The van der Waals surface area contributed by atoms with Crippen LogP contribution in [0.25, 0.3) is 0 Å². The number of hydrogen-bond donors (Lipinski definition) is 2. The number of nitrogens with one attached hydrogen (secondary N) is 2. The van der Waals surface area contributed by atoms with Crippen molar-refractivity contribution in [2.45, 2.75) is 39.0 Å². The molecular formula is C21H34N4O2. The van der Waals surface area contributed by atoms with Gasteiger partial charge in [-0.1, -0.05) is 31.0 Å². The second-order valence-electron chi connectivity index (χ2n) is 7.51. The summed E-state index contributed by atoms with van der Waals surface area (Å²) in [4.78, 5) is 18.6. The Morgan fingerprint density at radius 3 is 2.56 bits per heavy atom. The van der Waals surface area contributed by atoms with Gasteiger partial charge in [-0.2, -0.15) is 0 Å². The molecule has 1 aliphatic rings. The molecule has 1 aliphatic carbocycles. The molecule has 0 aliphatic heterocycles. The fourth-order valence-corrected chi connectivity index (χ4v) is 3.65. The van der Waals surface area contributed by atoms with Crippen LogP contribution in [-0.2, 0) is 4.79 Å². The SMILES string of the molecule is CN=C(NCCCOc1ccccc1C)NCC1(C(=O)N(C)C)CCCC1. The molecule has 27 heavy (non-hydrogen) atoms. The van der Waals surface area contributed by atoms with E-state index in [1.165, 1.54) is 0 Å². The van der Waals surface area contributed by atoms with Gasteiger partial charge in [0.15, 0.2) is 5.96 Å². The van der Waals surface area contributed by atoms with Crippen molar-refractivity contribution in [3.8, 4) is 5.75 Å². The van der Waals surface area contributed by atoms with Crippen LogP contribution in [0.5, 0.6) is 5.75 Å². The fraction of sp³-hybridized carbons (Fsp3) is 0.619. The summed E-state index contributed by atoms with van der Waals surface area (Å²) < 4.78 is 5.82. The van der Waals surface area contributed by atoms with Gasteiger partial charge < -0.3 is 20.3 Å². The lowest BCUT2D eigenvalue weighted by Crippen LogP contribution is -2.49. The van der Waals surface area contributed by atoms with Crippen LogP contribution in [0.4, 0.5) is 0 Å². The van der Waals surface area contributed by atoms with Crippen molar-refractivity contribution in [2.24, 2.45) is 10.4 Å². The van der Waals surface area contributed by atoms with Gasteiger partial charge in [-0.05, 0) is 37.8 Å². The normalized spacial score (nSPS) is 16.1. The van der Waals surface area contributed by atoms with Gasteiger partial charge in [0.05, 0.1) is 12.0 Å². The molecular weight excluding hydrogens is 340 g/mol. The van der Waals surface area contributed by atoms with Gasteiger partial charge in [-0.3, -0.25) is 9.79 Å². The number of ether oxygens (including phenoxy) is 1. The van der Waals surface area contributed by atoms with Crippen molar-refractivity contribution in [2.75, 3.05) is 40.8 Å². The molecule has 0 spiro atoms. The van der Waals surface area contributed by atoms with E-state index in [4.69, 9.17) is 4.74 Å². The number of carbonyl (C=O) groups is 1. The maximum absolute atomic E-state index is 12.6. The van der Waals surface area contributed by atoms with E-state index in [-0.39, 0.29) is 11.3 Å². The van der Waals surface area contributed by atoms with Crippen molar-refractivity contribution in [1.82, 2.24) is 15.5 Å². The third-order valence-corrected chi connectivity index (χ3v) is 5.20. The average molecular weight is 375 g/mol. The summed E-state index contributed by atoms with van der Waals surface area (Å²) >= 11 is 0. The van der Waals surface area contributed by atoms with Crippen molar-refractivity contribution in [3.05, 3.63) is 29.8 Å². The molecule has 150 valence electrons. The molecule has 1 aromatic carbocycles. The lowest BCUT2D eigenvalue weighted by Gasteiger charge is -2.31. The Morgan fingerprint density at radius 2 is 1.93 bits per heavy atom. The number of aryl methyl sites for hydroxylation is 1. The number of carbonyl (C=O) groups excluding carboxylic acids is 1. The zero-order valence-electron chi connectivity index (χ0n) is 17.2. The first kappa shape index (κ1) is 21.1. The molecule has 0 heterocycles. The van der Waals surface area contributed by atoms with Crippen LogP contribution in [0.2, 0.25) is 0 Å². The minimum absolute atomic E-state index is 0.217. The smallest absolute Gasteiger partial charge is 0.230 e. The van der Waals surface area contributed by atoms with Gasteiger partial charge in [0, 0.05) is 34.2 Å². The second-order valence-corrected chi connectivity index (χ2v) is 7.51. The van der Waals surface area contributed by atoms with Crippen molar-refractivity contribution < 1.29 is 9.53 Å². The largest absolute Gasteiger partial charge is 0.493 e. The predicted octanol–water partition coefficient (Wildman–Crippen LogP) is 2.58. The lowest BCUT2D eigenvalue weighted by molar-refractivity contribution is -0.138. The van der Waals surface area contributed by atoms with Crippen molar-refractivity contribution in [1.29, 1.82) is 0 Å². The van der Waals surface area contributed by atoms with E-state index in [0.717, 1.165) is 55.9 Å². The Hall–Kier alpha value is -2.24. The monoisotopic (exact) mass is 374 g/mol. The molecule has 6 heteroatoms. The van der Waals surface area contributed by atoms with Crippen LogP contribution in [0, 0.1) is 12.3 Å². The highest BCUT2D eigenvalue weighted by molar-refractivity contribution is 5.85. The third kappa shape index (κ3) is 5.88. The summed E-state index contributed by atoms with van der Waals surface area (Å²) in [5.41, 5.74) is 0.852. The minimum Gasteiger partial charge on any atom is -0.493 e. The highest BCUT2D eigenvalue weighted by atomic mass is 16.5. The number of rotatable bonds is 8. The van der Waals surface area contributed by atoms with Crippen LogP contribution >= 0.6 is 0 Å². The summed E-state index contributed by atoms with van der Waals surface area (Å²) in [6, 6.07) is 8.04. The predicted molar refractivity (Wildman–Crippen MR) is 110 cm³/mol. The van der Waals surface area contributed by atoms with Gasteiger partial charge in [-0.15, -0.1) is 0 Å². The first-order valence-electron chi connectivity index (χ1n) is 9.83. The van der Waals surface area contributed by atoms with E-state index >= 15 is 0 Å². The molecule has 0 bridgehead atoms. The standard InChI is InChI=1S/C21H34N4O2/c1-17-10-5-6-11-18(17)27-15-9-14-23-20(22-2)24-16-21(12-7-8-13-21)19(26)25(3)4/h5-6,10-11H,7-9,12-16H2,1-4H3,(H2,22,23,24).